The quantitative estimate of drug-likeness (QED) is 0.897. The Hall–Kier alpha value is -1.00. The van der Waals surface area contributed by atoms with Crippen molar-refractivity contribution in [1.82, 2.24) is 15.3 Å². The van der Waals surface area contributed by atoms with E-state index in [1.165, 1.54) is 25.7 Å². The van der Waals surface area contributed by atoms with Crippen molar-refractivity contribution in [2.75, 3.05) is 13.2 Å². The Morgan fingerprint density at radius 1 is 1.45 bits per heavy atom. The van der Waals surface area contributed by atoms with E-state index in [4.69, 9.17) is 4.74 Å². The average Bonchev–Trinajstić information content (AvgIpc) is 2.47. The minimum absolute atomic E-state index is 0.192. The molecule has 1 aliphatic heterocycles. The van der Waals surface area contributed by atoms with E-state index in [-0.39, 0.29) is 5.60 Å². The molecule has 1 aromatic rings. The zero-order valence-corrected chi connectivity index (χ0v) is 12.3. The average molecular weight is 275 g/mol. The third-order valence-electron chi connectivity index (χ3n) is 4.78. The second-order valence-electron chi connectivity index (χ2n) is 6.20. The molecular weight excluding hydrogens is 250 g/mol. The van der Waals surface area contributed by atoms with Crippen LogP contribution in [0.25, 0.3) is 0 Å². The molecule has 1 saturated heterocycles. The second-order valence-corrected chi connectivity index (χ2v) is 6.20. The summed E-state index contributed by atoms with van der Waals surface area (Å²) in [5, 5.41) is 3.68. The number of hydrogen-bond acceptors (Lipinski definition) is 4. The van der Waals surface area contributed by atoms with Crippen LogP contribution in [-0.4, -0.2) is 28.7 Å². The van der Waals surface area contributed by atoms with Gasteiger partial charge in [0.15, 0.2) is 0 Å². The molecule has 2 fully saturated rings. The van der Waals surface area contributed by atoms with Gasteiger partial charge in [0.05, 0.1) is 17.3 Å². The van der Waals surface area contributed by atoms with Crippen LogP contribution in [0.1, 0.15) is 57.2 Å². The Morgan fingerprint density at radius 2 is 2.35 bits per heavy atom. The van der Waals surface area contributed by atoms with Crippen molar-refractivity contribution in [1.29, 1.82) is 0 Å². The molecule has 2 atom stereocenters. The summed E-state index contributed by atoms with van der Waals surface area (Å²) in [7, 11) is 0. The lowest BCUT2D eigenvalue weighted by Gasteiger charge is -2.48. The molecule has 0 amide bonds. The van der Waals surface area contributed by atoms with Gasteiger partial charge in [0.1, 0.15) is 0 Å². The van der Waals surface area contributed by atoms with E-state index in [1.807, 2.05) is 6.20 Å². The summed E-state index contributed by atoms with van der Waals surface area (Å²) in [5.41, 5.74) is 1.28. The first-order chi connectivity index (χ1) is 9.83. The summed E-state index contributed by atoms with van der Waals surface area (Å²) in [6, 6.07) is 0.324. The van der Waals surface area contributed by atoms with Gasteiger partial charge < -0.3 is 10.1 Å². The highest BCUT2D eigenvalue weighted by molar-refractivity contribution is 5.07. The first kappa shape index (κ1) is 14.0. The largest absolute Gasteiger partial charge is 0.375 e. The van der Waals surface area contributed by atoms with Gasteiger partial charge in [0.2, 0.25) is 0 Å². The fourth-order valence-corrected chi connectivity index (χ4v) is 3.55. The minimum atomic E-state index is 0.192. The lowest BCUT2D eigenvalue weighted by Crippen LogP contribution is -2.48. The van der Waals surface area contributed by atoms with Gasteiger partial charge in [0.25, 0.3) is 0 Å². The van der Waals surface area contributed by atoms with E-state index in [0.717, 1.165) is 31.7 Å². The smallest absolute Gasteiger partial charge is 0.0758 e. The summed E-state index contributed by atoms with van der Waals surface area (Å²) in [6.45, 7) is 4.14. The van der Waals surface area contributed by atoms with Crippen molar-refractivity contribution in [3.63, 3.8) is 0 Å². The molecule has 2 unspecified atom stereocenters. The normalized spacial score (nSPS) is 26.1. The molecule has 1 aliphatic carbocycles. The van der Waals surface area contributed by atoms with Gasteiger partial charge in [-0.2, -0.15) is 0 Å². The van der Waals surface area contributed by atoms with Gasteiger partial charge in [-0.25, -0.2) is 0 Å². The maximum absolute atomic E-state index is 6.06. The highest BCUT2D eigenvalue weighted by atomic mass is 16.5. The maximum Gasteiger partial charge on any atom is 0.0758 e. The van der Waals surface area contributed by atoms with E-state index in [0.29, 0.717) is 12.0 Å². The van der Waals surface area contributed by atoms with Crippen molar-refractivity contribution in [2.45, 2.75) is 57.1 Å². The molecule has 1 aromatic heterocycles. The lowest BCUT2D eigenvalue weighted by atomic mass is 9.70. The van der Waals surface area contributed by atoms with Gasteiger partial charge in [0, 0.05) is 25.2 Å². The SMILES string of the molecule is CCCNC(c1cnccn1)C1CCOC2(CCC2)C1. The van der Waals surface area contributed by atoms with E-state index in [9.17, 15) is 0 Å². The van der Waals surface area contributed by atoms with Gasteiger partial charge in [-0.15, -0.1) is 0 Å². The zero-order valence-electron chi connectivity index (χ0n) is 12.3. The van der Waals surface area contributed by atoms with Crippen molar-refractivity contribution in [3.05, 3.63) is 24.3 Å². The van der Waals surface area contributed by atoms with Crippen LogP contribution in [0.3, 0.4) is 0 Å². The van der Waals surface area contributed by atoms with Crippen LogP contribution in [0.4, 0.5) is 0 Å². The molecule has 4 heteroatoms. The molecule has 0 aromatic carbocycles. The van der Waals surface area contributed by atoms with Gasteiger partial charge in [-0.1, -0.05) is 6.92 Å². The minimum Gasteiger partial charge on any atom is -0.375 e. The summed E-state index contributed by atoms with van der Waals surface area (Å²) in [6.07, 6.45) is 12.7. The highest BCUT2D eigenvalue weighted by Crippen LogP contribution is 2.46. The highest BCUT2D eigenvalue weighted by Gasteiger charge is 2.44. The molecular formula is C16H25N3O. The number of aromatic nitrogens is 2. The van der Waals surface area contributed by atoms with Crippen LogP contribution in [0, 0.1) is 5.92 Å². The van der Waals surface area contributed by atoms with Crippen LogP contribution >= 0.6 is 0 Å². The molecule has 1 N–H and O–H groups in total. The van der Waals surface area contributed by atoms with Gasteiger partial charge in [-0.05, 0) is 51.0 Å². The number of ether oxygens (including phenoxy) is 1. The topological polar surface area (TPSA) is 47.0 Å². The molecule has 1 spiro atoms. The van der Waals surface area contributed by atoms with Crippen molar-refractivity contribution in [2.24, 2.45) is 5.92 Å². The lowest BCUT2D eigenvalue weighted by molar-refractivity contribution is -0.147. The standard InChI is InChI=1S/C16H25N3O/c1-2-7-19-15(14-12-17-8-9-18-14)13-4-10-20-16(11-13)5-3-6-16/h8-9,12-13,15,19H,2-7,10-11H2,1H3. The molecule has 1 saturated carbocycles. The predicted octanol–water partition coefficient (Wildman–Crippen LogP) is 2.87. The monoisotopic (exact) mass is 275 g/mol. The van der Waals surface area contributed by atoms with Crippen molar-refractivity contribution in [3.8, 4) is 0 Å². The molecule has 0 radical (unpaired) electrons. The van der Waals surface area contributed by atoms with Crippen LogP contribution < -0.4 is 5.32 Å². The predicted molar refractivity (Wildman–Crippen MR) is 78.3 cm³/mol. The third-order valence-corrected chi connectivity index (χ3v) is 4.78. The Labute approximate surface area is 121 Å². The van der Waals surface area contributed by atoms with E-state index in [1.54, 1.807) is 12.4 Å². The van der Waals surface area contributed by atoms with Crippen LogP contribution in [-0.2, 0) is 4.74 Å². The van der Waals surface area contributed by atoms with Gasteiger partial charge >= 0.3 is 0 Å². The van der Waals surface area contributed by atoms with E-state index < -0.39 is 0 Å². The Kier molecular flexibility index (Phi) is 4.32. The summed E-state index contributed by atoms with van der Waals surface area (Å²) < 4.78 is 6.06. The molecule has 2 aliphatic rings. The maximum atomic E-state index is 6.06. The Bertz CT molecular complexity index is 419. The van der Waals surface area contributed by atoms with E-state index in [2.05, 4.69) is 22.2 Å². The van der Waals surface area contributed by atoms with Crippen LogP contribution in [0.5, 0.6) is 0 Å². The number of nitrogens with one attached hydrogen (secondary N) is 1. The fraction of sp³-hybridized carbons (Fsp3) is 0.750. The summed E-state index contributed by atoms with van der Waals surface area (Å²) in [4.78, 5) is 8.78. The first-order valence-electron chi connectivity index (χ1n) is 7.96. The Morgan fingerprint density at radius 3 is 3.00 bits per heavy atom. The van der Waals surface area contributed by atoms with Crippen molar-refractivity contribution < 1.29 is 4.74 Å². The summed E-state index contributed by atoms with van der Waals surface area (Å²) in [5.74, 6) is 0.618. The summed E-state index contributed by atoms with van der Waals surface area (Å²) >= 11 is 0. The third kappa shape index (κ3) is 2.86. The number of nitrogens with zero attached hydrogens (tertiary/aromatic N) is 2. The number of hydrogen-bond donors (Lipinski definition) is 1. The fourth-order valence-electron chi connectivity index (χ4n) is 3.55. The Balaban J connectivity index is 1.74. The molecule has 2 heterocycles. The molecule has 4 nitrogen and oxygen atoms in total. The van der Waals surface area contributed by atoms with E-state index >= 15 is 0 Å². The van der Waals surface area contributed by atoms with Gasteiger partial charge in [-0.3, -0.25) is 9.97 Å². The van der Waals surface area contributed by atoms with Crippen molar-refractivity contribution >= 4 is 0 Å². The second kappa shape index (κ2) is 6.19. The molecule has 110 valence electrons. The zero-order chi connectivity index (χ0) is 13.8. The van der Waals surface area contributed by atoms with Crippen LogP contribution in [0.15, 0.2) is 18.6 Å². The molecule has 20 heavy (non-hydrogen) atoms. The van der Waals surface area contributed by atoms with Crippen LogP contribution in [0.2, 0.25) is 0 Å². The molecule has 0 bridgehead atoms. The number of rotatable bonds is 5. The first-order valence-corrected chi connectivity index (χ1v) is 7.96. The molecule has 3 rings (SSSR count).